The third-order valence-corrected chi connectivity index (χ3v) is 6.56. The van der Waals surface area contributed by atoms with Crippen LogP contribution in [0.15, 0.2) is 71.3 Å². The van der Waals surface area contributed by atoms with Crippen molar-refractivity contribution in [3.63, 3.8) is 0 Å². The maximum Gasteiger partial charge on any atom is 0.264 e. The number of amides is 1. The van der Waals surface area contributed by atoms with Crippen LogP contribution in [-0.4, -0.2) is 54.2 Å². The number of ether oxygens (including phenoxy) is 1. The quantitative estimate of drug-likeness (QED) is 0.451. The van der Waals surface area contributed by atoms with Crippen LogP contribution < -0.4 is 9.64 Å². The SMILES string of the molecule is COc1ccc(N2CCN(C(=O)c3ccc(-c4noc(-c5ccccc5)n4)s3)CC2)cc1. The van der Waals surface area contributed by atoms with E-state index in [9.17, 15) is 4.79 Å². The van der Waals surface area contributed by atoms with Gasteiger partial charge in [0.1, 0.15) is 5.75 Å². The van der Waals surface area contributed by atoms with E-state index in [0.29, 0.717) is 29.7 Å². The zero-order chi connectivity index (χ0) is 21.9. The van der Waals surface area contributed by atoms with Crippen LogP contribution in [0.2, 0.25) is 0 Å². The van der Waals surface area contributed by atoms with E-state index in [1.165, 1.54) is 11.3 Å². The van der Waals surface area contributed by atoms with E-state index in [-0.39, 0.29) is 5.91 Å². The van der Waals surface area contributed by atoms with Crippen molar-refractivity contribution in [1.82, 2.24) is 15.0 Å². The number of anilines is 1. The second kappa shape index (κ2) is 8.84. The lowest BCUT2D eigenvalue weighted by molar-refractivity contribution is 0.0751. The number of piperazine rings is 1. The molecule has 162 valence electrons. The zero-order valence-corrected chi connectivity index (χ0v) is 18.4. The van der Waals surface area contributed by atoms with E-state index in [4.69, 9.17) is 9.26 Å². The van der Waals surface area contributed by atoms with Gasteiger partial charge in [-0.05, 0) is 48.5 Å². The van der Waals surface area contributed by atoms with Crippen LogP contribution in [-0.2, 0) is 0 Å². The molecule has 3 heterocycles. The Morgan fingerprint density at radius 1 is 0.969 bits per heavy atom. The van der Waals surface area contributed by atoms with Crippen LogP contribution in [0.4, 0.5) is 5.69 Å². The number of rotatable bonds is 5. The third kappa shape index (κ3) is 4.09. The van der Waals surface area contributed by atoms with Crippen molar-refractivity contribution in [3.05, 3.63) is 71.6 Å². The summed E-state index contributed by atoms with van der Waals surface area (Å²) < 4.78 is 10.6. The first-order chi connectivity index (χ1) is 15.7. The molecule has 32 heavy (non-hydrogen) atoms. The van der Waals surface area contributed by atoms with E-state index >= 15 is 0 Å². The van der Waals surface area contributed by atoms with Gasteiger partial charge in [-0.2, -0.15) is 4.98 Å². The summed E-state index contributed by atoms with van der Waals surface area (Å²) in [4.78, 5) is 23.2. The molecule has 7 nitrogen and oxygen atoms in total. The number of benzene rings is 2. The summed E-state index contributed by atoms with van der Waals surface area (Å²) >= 11 is 1.39. The molecule has 5 rings (SSSR count). The number of aromatic nitrogens is 2. The summed E-state index contributed by atoms with van der Waals surface area (Å²) in [5.41, 5.74) is 2.01. The molecule has 1 amide bonds. The summed E-state index contributed by atoms with van der Waals surface area (Å²) in [6.07, 6.45) is 0. The van der Waals surface area contributed by atoms with Crippen LogP contribution in [0.5, 0.6) is 5.75 Å². The van der Waals surface area contributed by atoms with Gasteiger partial charge in [0.15, 0.2) is 0 Å². The summed E-state index contributed by atoms with van der Waals surface area (Å²) in [7, 11) is 1.66. The fourth-order valence-corrected chi connectivity index (χ4v) is 4.61. The van der Waals surface area contributed by atoms with Crippen molar-refractivity contribution in [3.8, 4) is 27.9 Å². The predicted octanol–water partition coefficient (Wildman–Crippen LogP) is 4.44. The van der Waals surface area contributed by atoms with E-state index < -0.39 is 0 Å². The summed E-state index contributed by atoms with van der Waals surface area (Å²) in [5, 5.41) is 4.09. The first kappa shape index (κ1) is 20.3. The smallest absolute Gasteiger partial charge is 0.264 e. The van der Waals surface area contributed by atoms with Crippen LogP contribution >= 0.6 is 11.3 Å². The Labute approximate surface area is 189 Å². The molecule has 1 aliphatic rings. The lowest BCUT2D eigenvalue weighted by Gasteiger charge is -2.36. The van der Waals surface area contributed by atoms with Crippen molar-refractivity contribution in [2.75, 3.05) is 38.2 Å². The second-order valence-electron chi connectivity index (χ2n) is 7.43. The average Bonchev–Trinajstić information content (AvgIpc) is 3.55. The maximum absolute atomic E-state index is 13.0. The molecule has 4 aromatic rings. The van der Waals surface area contributed by atoms with E-state index in [2.05, 4.69) is 27.2 Å². The van der Waals surface area contributed by atoms with Gasteiger partial charge in [0.05, 0.1) is 16.9 Å². The van der Waals surface area contributed by atoms with Crippen molar-refractivity contribution in [2.24, 2.45) is 0 Å². The fourth-order valence-electron chi connectivity index (χ4n) is 3.71. The Balaban J connectivity index is 1.23. The van der Waals surface area contributed by atoms with Crippen LogP contribution in [0, 0.1) is 0 Å². The molecule has 0 atom stereocenters. The Morgan fingerprint density at radius 2 is 1.72 bits per heavy atom. The molecule has 0 bridgehead atoms. The number of hydrogen-bond donors (Lipinski definition) is 0. The lowest BCUT2D eigenvalue weighted by atomic mass is 10.2. The molecule has 0 aliphatic carbocycles. The van der Waals surface area contributed by atoms with Crippen molar-refractivity contribution < 1.29 is 14.1 Å². The van der Waals surface area contributed by atoms with Gasteiger partial charge in [-0.15, -0.1) is 11.3 Å². The third-order valence-electron chi connectivity index (χ3n) is 5.49. The monoisotopic (exact) mass is 446 g/mol. The molecule has 2 aromatic carbocycles. The molecule has 0 N–H and O–H groups in total. The largest absolute Gasteiger partial charge is 0.497 e. The fraction of sp³-hybridized carbons (Fsp3) is 0.208. The summed E-state index contributed by atoms with van der Waals surface area (Å²) in [6.45, 7) is 2.94. The first-order valence-electron chi connectivity index (χ1n) is 10.4. The maximum atomic E-state index is 13.0. The normalized spacial score (nSPS) is 13.9. The lowest BCUT2D eigenvalue weighted by Crippen LogP contribution is -2.48. The van der Waals surface area contributed by atoms with E-state index in [1.54, 1.807) is 7.11 Å². The minimum absolute atomic E-state index is 0.0439. The highest BCUT2D eigenvalue weighted by Crippen LogP contribution is 2.29. The number of methoxy groups -OCH3 is 1. The van der Waals surface area contributed by atoms with Crippen LogP contribution in [0.3, 0.4) is 0 Å². The van der Waals surface area contributed by atoms with Crippen molar-refractivity contribution in [2.45, 2.75) is 0 Å². The molecule has 8 heteroatoms. The Kier molecular flexibility index (Phi) is 5.60. The van der Waals surface area contributed by atoms with Crippen LogP contribution in [0.25, 0.3) is 22.2 Å². The number of carbonyl (C=O) groups excluding carboxylic acids is 1. The Morgan fingerprint density at radius 3 is 2.44 bits per heavy atom. The van der Waals surface area contributed by atoms with Gasteiger partial charge in [0.2, 0.25) is 5.82 Å². The van der Waals surface area contributed by atoms with Crippen molar-refractivity contribution in [1.29, 1.82) is 0 Å². The highest BCUT2D eigenvalue weighted by Gasteiger charge is 2.24. The van der Waals surface area contributed by atoms with Gasteiger partial charge in [-0.3, -0.25) is 4.79 Å². The zero-order valence-electron chi connectivity index (χ0n) is 17.6. The van der Waals surface area contributed by atoms with Crippen LogP contribution in [0.1, 0.15) is 9.67 Å². The molecular formula is C24H22N4O3S. The highest BCUT2D eigenvalue weighted by molar-refractivity contribution is 7.17. The molecule has 1 aliphatic heterocycles. The number of nitrogens with zero attached hydrogens (tertiary/aromatic N) is 4. The molecule has 0 spiro atoms. The van der Waals surface area contributed by atoms with Crippen molar-refractivity contribution >= 4 is 22.9 Å². The predicted molar refractivity (Wildman–Crippen MR) is 124 cm³/mol. The molecular weight excluding hydrogens is 424 g/mol. The Bertz CT molecular complexity index is 1200. The highest BCUT2D eigenvalue weighted by atomic mass is 32.1. The molecule has 0 unspecified atom stereocenters. The molecule has 0 radical (unpaired) electrons. The summed E-state index contributed by atoms with van der Waals surface area (Å²) in [6, 6.07) is 21.4. The minimum atomic E-state index is 0.0439. The molecule has 1 saturated heterocycles. The molecule has 0 saturated carbocycles. The van der Waals surface area contributed by atoms with Gasteiger partial charge in [0.25, 0.3) is 11.8 Å². The molecule has 2 aromatic heterocycles. The van der Waals surface area contributed by atoms with Gasteiger partial charge in [0, 0.05) is 37.4 Å². The van der Waals surface area contributed by atoms with E-state index in [1.807, 2.05) is 59.5 Å². The van der Waals surface area contributed by atoms with Gasteiger partial charge in [-0.25, -0.2) is 0 Å². The van der Waals surface area contributed by atoms with E-state index in [0.717, 1.165) is 35.0 Å². The van der Waals surface area contributed by atoms with Gasteiger partial charge in [-0.1, -0.05) is 23.4 Å². The van der Waals surface area contributed by atoms with Gasteiger partial charge < -0.3 is 19.1 Å². The topological polar surface area (TPSA) is 71.7 Å². The number of hydrogen-bond acceptors (Lipinski definition) is 7. The average molecular weight is 447 g/mol. The standard InChI is InChI=1S/C24H22N4O3S/c1-30-19-9-7-18(8-10-19)27-13-15-28(16-14-27)24(29)21-12-11-20(32-21)22-25-23(31-26-22)17-5-3-2-4-6-17/h2-12H,13-16H2,1H3. The second-order valence-corrected chi connectivity index (χ2v) is 8.51. The summed E-state index contributed by atoms with van der Waals surface area (Å²) in [5.74, 6) is 1.85. The minimum Gasteiger partial charge on any atom is -0.497 e. The number of carbonyl (C=O) groups is 1. The Hall–Kier alpha value is -3.65. The van der Waals surface area contributed by atoms with Gasteiger partial charge >= 0.3 is 0 Å². The number of thiophene rings is 1. The molecule has 1 fully saturated rings. The first-order valence-corrected chi connectivity index (χ1v) is 11.2.